The van der Waals surface area contributed by atoms with Crippen LogP contribution in [0.5, 0.6) is 0 Å². The number of allylic oxidation sites excluding steroid dienone is 1. The number of aliphatic hydroxyl groups is 2. The summed E-state index contributed by atoms with van der Waals surface area (Å²) in [6.45, 7) is 12.3. The number of hydrogen-bond donors (Lipinski definition) is 4. The number of ketones is 2. The van der Waals surface area contributed by atoms with Gasteiger partial charge in [0, 0.05) is 43.6 Å². The summed E-state index contributed by atoms with van der Waals surface area (Å²) in [5, 5.41) is 26.0. The number of ether oxygens (including phenoxy) is 1. The molecular formula is C52H85N3O5+2. The number of carbonyl (C=O) groups is 2. The maximum absolute atomic E-state index is 14.8. The molecule has 0 aromatic heterocycles. The van der Waals surface area contributed by atoms with Crippen LogP contribution in [0.25, 0.3) is 0 Å². The van der Waals surface area contributed by atoms with E-state index < -0.39 is 12.2 Å². The zero-order valence-electron chi connectivity index (χ0n) is 38.5. The second kappa shape index (κ2) is 22.6. The first-order valence-electron chi connectivity index (χ1n) is 25.0. The molecule has 0 radical (unpaired) electrons. The molecule has 4 fully saturated rings. The summed E-state index contributed by atoms with van der Waals surface area (Å²) in [5.74, 6) is 12.6. The molecular weight excluding hydrogens is 747 g/mol. The first-order valence-corrected chi connectivity index (χ1v) is 25.0. The maximum Gasteiger partial charge on any atom is 0.177 e. The van der Waals surface area contributed by atoms with E-state index in [1.54, 1.807) is 7.11 Å². The van der Waals surface area contributed by atoms with E-state index in [0.717, 1.165) is 76.5 Å². The van der Waals surface area contributed by atoms with E-state index in [0.29, 0.717) is 61.2 Å². The van der Waals surface area contributed by atoms with E-state index in [1.807, 2.05) is 6.21 Å². The van der Waals surface area contributed by atoms with Crippen molar-refractivity contribution in [3.8, 4) is 11.8 Å². The average molecular weight is 832 g/mol. The van der Waals surface area contributed by atoms with Crippen molar-refractivity contribution in [3.63, 3.8) is 0 Å². The van der Waals surface area contributed by atoms with Crippen LogP contribution in [-0.4, -0.2) is 66.1 Å². The molecule has 0 aromatic carbocycles. The normalized spacial score (nSPS) is 37.9. The van der Waals surface area contributed by atoms with Crippen molar-refractivity contribution in [2.45, 2.75) is 188 Å². The van der Waals surface area contributed by atoms with Crippen LogP contribution in [-0.2, 0) is 14.3 Å². The second-order valence-corrected chi connectivity index (χ2v) is 21.6. The summed E-state index contributed by atoms with van der Waals surface area (Å²) in [4.78, 5) is 33.5. The standard InChI is InChI=1S/C52H84N3O5/c1-7-10-44(48(57)28-41-25-40(31-55-41)33(4)5)39-23-35(21-34-19-20-54-52(53)24-34)22-37-16-18-45(43-12-9-8-11-36(43)14-13-32(2)3)46-30-50(59)51(60-6)27-38(46)15-17-42(56)29-49(58)47(37)26-39/h25,31-39,43-48,50-52,54,57,59H,7-15,17,19-24,26-30,53H2,1-6H3/q+1/p+1/t34?,35-,36?,37+,38?,39-,43?,44+,45-,46?,47-,48-,50?,51?,52?/m1/s1. The topological polar surface area (TPSA) is 139 Å². The Balaban J connectivity index is 1.39. The minimum Gasteiger partial charge on any atom is -0.391 e. The van der Waals surface area contributed by atoms with Gasteiger partial charge in [-0.1, -0.05) is 64.7 Å². The van der Waals surface area contributed by atoms with E-state index in [-0.39, 0.29) is 71.7 Å². The van der Waals surface area contributed by atoms with Gasteiger partial charge in [0.25, 0.3) is 0 Å². The number of fused-ring (bicyclic) bond motifs is 2. The first-order chi connectivity index (χ1) is 28.8. The zero-order valence-corrected chi connectivity index (χ0v) is 38.5. The van der Waals surface area contributed by atoms with Crippen LogP contribution < -0.4 is 11.1 Å². The number of piperidine rings is 1. The largest absolute Gasteiger partial charge is 0.391 e. The number of carbonyl (C=O) groups excluding carboxylic acids is 2. The minimum atomic E-state index is -0.558. The molecule has 3 saturated carbocycles. The molecule has 6 rings (SSSR count). The van der Waals surface area contributed by atoms with Crippen LogP contribution in [0.2, 0.25) is 0 Å². The highest BCUT2D eigenvalue weighted by molar-refractivity contribution is 6.00. The van der Waals surface area contributed by atoms with Gasteiger partial charge in [0.15, 0.2) is 5.70 Å². The highest BCUT2D eigenvalue weighted by Gasteiger charge is 2.46. The van der Waals surface area contributed by atoms with Crippen LogP contribution in [0, 0.1) is 94.7 Å². The Hall–Kier alpha value is -2.02. The molecule has 2 heterocycles. The van der Waals surface area contributed by atoms with Gasteiger partial charge >= 0.3 is 0 Å². The third kappa shape index (κ3) is 12.6. The number of nitrogens with two attached hydrogens (primary N) is 2. The molecule has 1 saturated heterocycles. The Labute approximate surface area is 364 Å². The zero-order chi connectivity index (χ0) is 42.9. The van der Waals surface area contributed by atoms with Crippen molar-refractivity contribution in [1.82, 2.24) is 0 Å². The van der Waals surface area contributed by atoms with Gasteiger partial charge in [-0.15, -0.1) is 4.99 Å². The molecule has 336 valence electrons. The van der Waals surface area contributed by atoms with Crippen molar-refractivity contribution in [2.24, 2.45) is 87.7 Å². The molecule has 0 spiro atoms. The Morgan fingerprint density at radius 1 is 0.967 bits per heavy atom. The van der Waals surface area contributed by atoms with E-state index in [2.05, 4.69) is 57.9 Å². The van der Waals surface area contributed by atoms with Gasteiger partial charge in [-0.05, 0) is 138 Å². The van der Waals surface area contributed by atoms with Gasteiger partial charge < -0.3 is 20.3 Å². The van der Waals surface area contributed by atoms with Gasteiger partial charge in [0.1, 0.15) is 35.9 Å². The highest BCUT2D eigenvalue weighted by atomic mass is 16.5. The Kier molecular flexibility index (Phi) is 17.8. The summed E-state index contributed by atoms with van der Waals surface area (Å²) in [6.07, 6.45) is 20.8. The minimum absolute atomic E-state index is 0.0268. The number of methoxy groups -OCH3 is 1. The van der Waals surface area contributed by atoms with Crippen molar-refractivity contribution in [1.29, 1.82) is 0 Å². The fourth-order valence-corrected chi connectivity index (χ4v) is 13.2. The monoisotopic (exact) mass is 832 g/mol. The van der Waals surface area contributed by atoms with Crippen molar-refractivity contribution in [2.75, 3.05) is 13.7 Å². The summed E-state index contributed by atoms with van der Waals surface area (Å²) in [7, 11) is 1.70. The molecule has 15 atom stereocenters. The van der Waals surface area contributed by atoms with Crippen LogP contribution in [0.15, 0.2) is 16.8 Å². The number of nitrogens with zero attached hydrogens (tertiary/aromatic N) is 1. The summed E-state index contributed by atoms with van der Waals surface area (Å²) < 4.78 is 5.85. The molecule has 0 amide bonds. The number of hydrogen-bond acceptors (Lipinski definition) is 7. The lowest BCUT2D eigenvalue weighted by molar-refractivity contribution is -0.699. The SMILES string of the molecule is CCC[C@@H]([C@@H]1C[C@H](CC2CC[NH2+]C(N)C2)C[C@@H]2C#C[C@H](C3CCCCC3CCC(C)C)C3CC(O)C(OC)CC3CCC(=O)CC(=O)[C@@H]2C1)[C@H](O)CC1=C[C+](C(C)C)C=N1. The second-order valence-electron chi connectivity index (χ2n) is 21.6. The summed E-state index contributed by atoms with van der Waals surface area (Å²) in [5.41, 5.74) is 7.49. The predicted octanol–water partition coefficient (Wildman–Crippen LogP) is 8.24. The highest BCUT2D eigenvalue weighted by Crippen LogP contribution is 2.49. The average Bonchev–Trinajstić information content (AvgIpc) is 3.61. The molecule has 60 heavy (non-hydrogen) atoms. The Bertz CT molecular complexity index is 1510. The first kappa shape index (κ1) is 47.5. The molecule has 8 unspecified atom stereocenters. The number of Topliss-reactive ketones (excluding diaryl/α,β-unsaturated/α-hetero) is 2. The van der Waals surface area contributed by atoms with Crippen LogP contribution in [0.3, 0.4) is 0 Å². The number of rotatable bonds is 14. The molecule has 8 nitrogen and oxygen atoms in total. The van der Waals surface area contributed by atoms with E-state index in [9.17, 15) is 19.8 Å². The number of quaternary nitrogens is 1. The van der Waals surface area contributed by atoms with Crippen molar-refractivity contribution >= 4 is 17.8 Å². The lowest BCUT2D eigenvalue weighted by atomic mass is 9.60. The van der Waals surface area contributed by atoms with Crippen LogP contribution in [0.4, 0.5) is 0 Å². The molecule has 2 aliphatic heterocycles. The quantitative estimate of drug-likeness (QED) is 0.0791. The number of aliphatic hydroxyl groups excluding tert-OH is 2. The van der Waals surface area contributed by atoms with Gasteiger partial charge in [-0.2, -0.15) is 0 Å². The van der Waals surface area contributed by atoms with E-state index in [4.69, 9.17) is 15.5 Å². The predicted molar refractivity (Wildman–Crippen MR) is 241 cm³/mol. The Morgan fingerprint density at radius 3 is 2.48 bits per heavy atom. The summed E-state index contributed by atoms with van der Waals surface area (Å²) >= 11 is 0. The fraction of sp³-hybridized carbons (Fsp3) is 0.846. The van der Waals surface area contributed by atoms with Crippen molar-refractivity contribution < 1.29 is 29.9 Å². The summed E-state index contributed by atoms with van der Waals surface area (Å²) in [6, 6.07) is 0. The van der Waals surface area contributed by atoms with Gasteiger partial charge in [-0.25, -0.2) is 0 Å². The van der Waals surface area contributed by atoms with E-state index >= 15 is 0 Å². The van der Waals surface area contributed by atoms with Crippen LogP contribution >= 0.6 is 0 Å². The number of aliphatic imine (C=N–C) groups is 1. The molecule has 4 aliphatic carbocycles. The van der Waals surface area contributed by atoms with Gasteiger partial charge in [0.2, 0.25) is 0 Å². The van der Waals surface area contributed by atoms with Gasteiger partial charge in [-0.3, -0.25) is 15.3 Å². The molecule has 6 aliphatic rings. The molecule has 6 N–H and O–H groups in total. The smallest absolute Gasteiger partial charge is 0.177 e. The lowest BCUT2D eigenvalue weighted by Crippen LogP contribution is -2.94. The lowest BCUT2D eigenvalue weighted by Gasteiger charge is -2.46. The Morgan fingerprint density at radius 2 is 1.77 bits per heavy atom. The van der Waals surface area contributed by atoms with Crippen molar-refractivity contribution in [3.05, 3.63) is 17.7 Å². The third-order valence-electron chi connectivity index (χ3n) is 16.5. The maximum atomic E-state index is 14.8. The third-order valence-corrected chi connectivity index (χ3v) is 16.5. The molecule has 0 bridgehead atoms. The molecule has 0 aromatic rings. The molecule has 8 heteroatoms. The van der Waals surface area contributed by atoms with Gasteiger partial charge in [0.05, 0.1) is 37.7 Å². The fourth-order valence-electron chi connectivity index (χ4n) is 13.2. The van der Waals surface area contributed by atoms with E-state index in [1.165, 1.54) is 38.0 Å². The van der Waals surface area contributed by atoms with Crippen LogP contribution in [0.1, 0.15) is 163 Å².